The Balaban J connectivity index is 2.20. The molecule has 0 amide bonds. The van der Waals surface area contributed by atoms with Crippen molar-refractivity contribution in [2.75, 3.05) is 13.2 Å². The Morgan fingerprint density at radius 1 is 0.680 bits per heavy atom. The lowest BCUT2D eigenvalue weighted by atomic mass is 10.2. The predicted octanol–water partition coefficient (Wildman–Crippen LogP) is 5.25. The molecular weight excluding hydrogens is 320 g/mol. The number of benzene rings is 2. The van der Waals surface area contributed by atoms with E-state index in [4.69, 9.17) is 14.2 Å². The van der Waals surface area contributed by atoms with E-state index in [1.807, 2.05) is 0 Å². The maximum atomic E-state index is 9.70. The van der Waals surface area contributed by atoms with Crippen LogP contribution < -0.4 is 14.2 Å². The lowest BCUT2D eigenvalue weighted by molar-refractivity contribution is 0.280. The maximum absolute atomic E-state index is 9.70. The number of unbranched alkanes of at least 4 members (excludes halogenated alkanes) is 2. The Kier molecular flexibility index (Phi) is 7.26. The molecule has 5 nitrogen and oxygen atoms in total. The molecule has 0 aromatic heterocycles. The van der Waals surface area contributed by atoms with Crippen LogP contribution in [0.1, 0.15) is 39.5 Å². The highest BCUT2D eigenvalue weighted by Gasteiger charge is 2.12. The number of ether oxygens (including phenoxy) is 3. The Morgan fingerprint density at radius 2 is 1.12 bits per heavy atom. The minimum Gasteiger partial charge on any atom is -0.508 e. The summed E-state index contributed by atoms with van der Waals surface area (Å²) in [7, 11) is 0. The van der Waals surface area contributed by atoms with Gasteiger partial charge in [0, 0.05) is 12.1 Å². The smallest absolute Gasteiger partial charge is 0.169 e. The molecule has 0 fully saturated rings. The van der Waals surface area contributed by atoms with Gasteiger partial charge < -0.3 is 24.4 Å². The highest BCUT2D eigenvalue weighted by molar-refractivity contribution is 5.51. The maximum Gasteiger partial charge on any atom is 0.169 e. The first-order valence-electron chi connectivity index (χ1n) is 8.73. The second-order valence-corrected chi connectivity index (χ2v) is 5.77. The second kappa shape index (κ2) is 9.67. The van der Waals surface area contributed by atoms with Crippen molar-refractivity contribution in [3.8, 4) is 34.5 Å². The summed E-state index contributed by atoms with van der Waals surface area (Å²) in [5, 5.41) is 19.4. The molecule has 2 aromatic rings. The molecular formula is C20H26O5. The molecule has 0 spiro atoms. The van der Waals surface area contributed by atoms with Crippen LogP contribution in [0.15, 0.2) is 36.4 Å². The first kappa shape index (κ1) is 18.8. The van der Waals surface area contributed by atoms with Gasteiger partial charge in [0.15, 0.2) is 23.0 Å². The van der Waals surface area contributed by atoms with Crippen molar-refractivity contribution in [2.24, 2.45) is 0 Å². The average molecular weight is 346 g/mol. The van der Waals surface area contributed by atoms with E-state index in [0.717, 1.165) is 25.7 Å². The van der Waals surface area contributed by atoms with Crippen LogP contribution in [-0.4, -0.2) is 23.4 Å². The fourth-order valence-corrected chi connectivity index (χ4v) is 2.16. The molecule has 0 aliphatic heterocycles. The number of rotatable bonds is 10. The largest absolute Gasteiger partial charge is 0.508 e. The van der Waals surface area contributed by atoms with Gasteiger partial charge in [-0.15, -0.1) is 0 Å². The number of hydrogen-bond donors (Lipinski definition) is 2. The lowest BCUT2D eigenvalue weighted by Crippen LogP contribution is -2.00. The molecule has 0 bridgehead atoms. The quantitative estimate of drug-likeness (QED) is 0.575. The lowest BCUT2D eigenvalue weighted by Gasteiger charge is -2.15. The van der Waals surface area contributed by atoms with E-state index in [9.17, 15) is 10.2 Å². The summed E-state index contributed by atoms with van der Waals surface area (Å²) in [6, 6.07) is 9.45. The molecule has 0 unspecified atom stereocenters. The topological polar surface area (TPSA) is 68.2 Å². The van der Waals surface area contributed by atoms with E-state index >= 15 is 0 Å². The molecule has 25 heavy (non-hydrogen) atoms. The van der Waals surface area contributed by atoms with Gasteiger partial charge in [0.25, 0.3) is 0 Å². The molecule has 0 saturated carbocycles. The molecule has 0 saturated heterocycles. The van der Waals surface area contributed by atoms with Crippen LogP contribution in [0.25, 0.3) is 0 Å². The van der Waals surface area contributed by atoms with Crippen molar-refractivity contribution in [3.05, 3.63) is 36.4 Å². The third-order valence-corrected chi connectivity index (χ3v) is 3.59. The minimum atomic E-state index is 0.115. The standard InChI is InChI=1S/C20H26O5/c1-3-5-11-23-19-13-15(21)7-9-17(19)25-18-10-8-16(22)14-20(18)24-12-6-4-2/h7-10,13-14,21-22H,3-6,11-12H2,1-2H3. The summed E-state index contributed by atoms with van der Waals surface area (Å²) < 4.78 is 17.4. The summed E-state index contributed by atoms with van der Waals surface area (Å²) in [6.45, 7) is 5.26. The summed E-state index contributed by atoms with van der Waals surface area (Å²) in [4.78, 5) is 0. The number of phenolic OH excluding ortho intramolecular Hbond substituents is 2. The molecule has 5 heteroatoms. The fourth-order valence-electron chi connectivity index (χ4n) is 2.16. The molecule has 0 heterocycles. The Labute approximate surface area is 148 Å². The highest BCUT2D eigenvalue weighted by atomic mass is 16.5. The third-order valence-electron chi connectivity index (χ3n) is 3.59. The van der Waals surface area contributed by atoms with E-state index in [1.165, 1.54) is 12.1 Å². The van der Waals surface area contributed by atoms with Crippen LogP contribution in [-0.2, 0) is 0 Å². The fraction of sp³-hybridized carbons (Fsp3) is 0.400. The summed E-state index contributed by atoms with van der Waals surface area (Å²) in [5.74, 6) is 2.15. The van der Waals surface area contributed by atoms with Crippen LogP contribution >= 0.6 is 0 Å². The Hall–Kier alpha value is -2.56. The molecule has 2 N–H and O–H groups in total. The molecule has 0 atom stereocenters. The average Bonchev–Trinajstić information content (AvgIpc) is 2.59. The third kappa shape index (κ3) is 5.78. The van der Waals surface area contributed by atoms with Gasteiger partial charge in [0.05, 0.1) is 13.2 Å². The van der Waals surface area contributed by atoms with Crippen LogP contribution in [0.3, 0.4) is 0 Å². The normalized spacial score (nSPS) is 10.5. The van der Waals surface area contributed by atoms with E-state index < -0.39 is 0 Å². The molecule has 2 aromatic carbocycles. The monoisotopic (exact) mass is 346 g/mol. The zero-order valence-electron chi connectivity index (χ0n) is 14.8. The first-order valence-corrected chi connectivity index (χ1v) is 8.73. The van der Waals surface area contributed by atoms with E-state index in [-0.39, 0.29) is 11.5 Å². The van der Waals surface area contributed by atoms with Gasteiger partial charge in [0.2, 0.25) is 0 Å². The second-order valence-electron chi connectivity index (χ2n) is 5.77. The van der Waals surface area contributed by atoms with Crippen LogP contribution in [0.4, 0.5) is 0 Å². The SMILES string of the molecule is CCCCOc1cc(O)ccc1Oc1ccc(O)cc1OCCCC. The highest BCUT2D eigenvalue weighted by Crippen LogP contribution is 2.39. The summed E-state index contributed by atoms with van der Waals surface area (Å²) in [6.07, 6.45) is 3.87. The van der Waals surface area contributed by atoms with Crippen molar-refractivity contribution < 1.29 is 24.4 Å². The molecule has 0 radical (unpaired) electrons. The summed E-state index contributed by atoms with van der Waals surface area (Å²) in [5.41, 5.74) is 0. The zero-order valence-corrected chi connectivity index (χ0v) is 14.8. The van der Waals surface area contributed by atoms with E-state index in [0.29, 0.717) is 36.2 Å². The first-order chi connectivity index (χ1) is 12.1. The van der Waals surface area contributed by atoms with Gasteiger partial charge in [-0.25, -0.2) is 0 Å². The van der Waals surface area contributed by atoms with Crippen LogP contribution in [0.5, 0.6) is 34.5 Å². The number of aromatic hydroxyl groups is 2. The molecule has 0 aliphatic carbocycles. The van der Waals surface area contributed by atoms with Crippen molar-refractivity contribution in [3.63, 3.8) is 0 Å². The van der Waals surface area contributed by atoms with Gasteiger partial charge >= 0.3 is 0 Å². The van der Waals surface area contributed by atoms with Crippen molar-refractivity contribution >= 4 is 0 Å². The van der Waals surface area contributed by atoms with Gasteiger partial charge in [-0.05, 0) is 37.1 Å². The van der Waals surface area contributed by atoms with Crippen LogP contribution in [0.2, 0.25) is 0 Å². The van der Waals surface area contributed by atoms with E-state index in [1.54, 1.807) is 24.3 Å². The van der Waals surface area contributed by atoms with Gasteiger partial charge in [-0.2, -0.15) is 0 Å². The van der Waals surface area contributed by atoms with Gasteiger partial charge in [0.1, 0.15) is 11.5 Å². The minimum absolute atomic E-state index is 0.115. The van der Waals surface area contributed by atoms with Gasteiger partial charge in [-0.1, -0.05) is 26.7 Å². The molecule has 2 rings (SSSR count). The summed E-state index contributed by atoms with van der Waals surface area (Å²) >= 11 is 0. The van der Waals surface area contributed by atoms with E-state index in [2.05, 4.69) is 13.8 Å². The molecule has 0 aliphatic rings. The number of hydrogen-bond acceptors (Lipinski definition) is 5. The van der Waals surface area contributed by atoms with Crippen LogP contribution in [0, 0.1) is 0 Å². The van der Waals surface area contributed by atoms with Crippen molar-refractivity contribution in [1.82, 2.24) is 0 Å². The van der Waals surface area contributed by atoms with Crippen molar-refractivity contribution in [2.45, 2.75) is 39.5 Å². The number of phenols is 2. The van der Waals surface area contributed by atoms with Crippen molar-refractivity contribution in [1.29, 1.82) is 0 Å². The zero-order chi connectivity index (χ0) is 18.1. The molecule has 136 valence electrons. The Bertz CT molecular complexity index is 612. The van der Waals surface area contributed by atoms with Gasteiger partial charge in [-0.3, -0.25) is 0 Å². The predicted molar refractivity (Wildman–Crippen MR) is 97.1 cm³/mol. The Morgan fingerprint density at radius 3 is 1.52 bits per heavy atom.